The molecule has 19 nitrogen and oxygen atoms in total. The van der Waals surface area contributed by atoms with Crippen LogP contribution in [0.3, 0.4) is 0 Å². The molecule has 8 N–H and O–H groups in total. The standard InChI is InChI=1S/C44H72O19S.Na/c1-19(2)14-22(45)17-44(7,53)30-9-8-25-24-16-29(27-15-23(63-64(54,55)56)10-12-42(27,5)26(24)11-13-43(25,30)6)60-40-36(52)37(32(48)21(4)59-40)61-41-38(33(49)28(46)18-57-41)62-39-35(51)34(50)31(47)20(3)58-39;/h11,19-21,23-25,27-41,46-53H,8-10,12-18H2,1-7H3,(H,54,55,56);/q;+1/p-1/t20?,21?,23?,24?,25?,27-,28?,29+,30?,31?,32?,33?,34?,35?,36?,37?,38?,39?,40?,41?,42?,43?,44+;/m1./s1. The maximum Gasteiger partial charge on any atom is 1.00 e. The molecule has 368 valence electrons. The van der Waals surface area contributed by atoms with Crippen LogP contribution in [0, 0.1) is 40.4 Å². The summed E-state index contributed by atoms with van der Waals surface area (Å²) >= 11 is 0. The molecule has 0 amide bonds. The molecule has 65 heavy (non-hydrogen) atoms. The number of Topliss-reactive ketones (excluding diaryl/α,β-unsaturated/α-hetero) is 1. The minimum atomic E-state index is -5.04. The van der Waals surface area contributed by atoms with Gasteiger partial charge >= 0.3 is 29.6 Å². The molecule has 3 aliphatic heterocycles. The number of allylic oxidation sites excluding steroid dienone is 2. The maximum atomic E-state index is 13.1. The predicted molar refractivity (Wildman–Crippen MR) is 220 cm³/mol. The molecule has 21 heteroatoms. The summed E-state index contributed by atoms with van der Waals surface area (Å²) in [6.07, 6.45) is -16.7. The molecule has 7 aliphatic rings. The van der Waals surface area contributed by atoms with E-state index in [9.17, 15) is 58.6 Å². The molecule has 4 aliphatic carbocycles. The quantitative estimate of drug-likeness (QED) is 0.0404. The Kier molecular flexibility index (Phi) is 17.0. The van der Waals surface area contributed by atoms with Crippen LogP contribution in [0.1, 0.15) is 106 Å². The van der Waals surface area contributed by atoms with Gasteiger partial charge < -0.3 is 73.8 Å². The summed E-state index contributed by atoms with van der Waals surface area (Å²) in [6.45, 7) is 12.5. The Labute approximate surface area is 403 Å². The van der Waals surface area contributed by atoms with Gasteiger partial charge in [0.1, 0.15) is 60.7 Å². The first-order valence-corrected chi connectivity index (χ1v) is 24.3. The monoisotopic (exact) mass is 958 g/mol. The van der Waals surface area contributed by atoms with Crippen LogP contribution in [0.2, 0.25) is 0 Å². The topological polar surface area (TPSA) is 301 Å². The molecule has 0 radical (unpaired) electrons. The molecule has 20 unspecified atom stereocenters. The number of hydrogen-bond donors (Lipinski definition) is 8. The Hall–Kier alpha value is -0.280. The predicted octanol–water partition coefficient (Wildman–Crippen LogP) is -2.69. The summed E-state index contributed by atoms with van der Waals surface area (Å²) in [5, 5.41) is 88.3. The van der Waals surface area contributed by atoms with Crippen molar-refractivity contribution in [3.05, 3.63) is 11.6 Å². The van der Waals surface area contributed by atoms with E-state index in [4.69, 9.17) is 32.6 Å². The molecule has 7 rings (SSSR count). The summed E-state index contributed by atoms with van der Waals surface area (Å²) in [7, 11) is -5.04. The van der Waals surface area contributed by atoms with Gasteiger partial charge in [0.25, 0.3) is 0 Å². The molecule has 0 bridgehead atoms. The average molecular weight is 959 g/mol. The van der Waals surface area contributed by atoms with Crippen LogP contribution in [0.15, 0.2) is 11.6 Å². The minimum absolute atomic E-state index is 0. The number of aliphatic hydroxyl groups is 8. The average Bonchev–Trinajstić information content (AvgIpc) is 3.57. The summed E-state index contributed by atoms with van der Waals surface area (Å²) in [5.74, 6) is -0.430. The summed E-state index contributed by atoms with van der Waals surface area (Å²) in [4.78, 5) is 13.1. The molecule has 6 fully saturated rings. The number of hydrogen-bond acceptors (Lipinski definition) is 19. The van der Waals surface area contributed by atoms with Gasteiger partial charge in [0.2, 0.25) is 10.4 Å². The second-order valence-electron chi connectivity index (χ2n) is 21.1. The van der Waals surface area contributed by atoms with Gasteiger partial charge in [0.15, 0.2) is 18.9 Å². The number of fused-ring (bicyclic) bond motifs is 5. The normalized spacial score (nSPS) is 48.8. The molecule has 0 aromatic rings. The van der Waals surface area contributed by atoms with Crippen molar-refractivity contribution in [3.63, 3.8) is 0 Å². The molecule has 0 spiro atoms. The van der Waals surface area contributed by atoms with E-state index < -0.39 is 132 Å². The molecule has 3 saturated heterocycles. The van der Waals surface area contributed by atoms with Crippen molar-refractivity contribution < 1.29 is 121 Å². The number of aliphatic hydroxyl groups excluding tert-OH is 7. The molecular weight excluding hydrogens is 888 g/mol. The van der Waals surface area contributed by atoms with E-state index in [1.165, 1.54) is 19.4 Å². The molecule has 3 saturated carbocycles. The molecule has 0 aromatic heterocycles. The Balaban J connectivity index is 0.00000700. The van der Waals surface area contributed by atoms with Crippen molar-refractivity contribution in [1.82, 2.24) is 0 Å². The van der Waals surface area contributed by atoms with Crippen LogP contribution in [0.25, 0.3) is 0 Å². The van der Waals surface area contributed by atoms with Crippen LogP contribution in [-0.4, -0.2) is 170 Å². The first-order chi connectivity index (χ1) is 29.8. The van der Waals surface area contributed by atoms with E-state index in [1.54, 1.807) is 6.92 Å². The Morgan fingerprint density at radius 1 is 0.846 bits per heavy atom. The van der Waals surface area contributed by atoms with Crippen molar-refractivity contribution in [2.24, 2.45) is 40.4 Å². The maximum absolute atomic E-state index is 13.1. The van der Waals surface area contributed by atoms with Gasteiger partial charge in [-0.1, -0.05) is 39.3 Å². The van der Waals surface area contributed by atoms with Crippen LogP contribution in [-0.2, 0) is 47.8 Å². The van der Waals surface area contributed by atoms with Gasteiger partial charge in [-0.2, -0.15) is 0 Å². The summed E-state index contributed by atoms with van der Waals surface area (Å²) in [5.41, 5.74) is -1.00. The van der Waals surface area contributed by atoms with Crippen LogP contribution in [0.5, 0.6) is 0 Å². The fraction of sp³-hybridized carbons (Fsp3) is 0.932. The first-order valence-electron chi connectivity index (χ1n) is 23.0. The second-order valence-corrected chi connectivity index (χ2v) is 22.1. The number of carbonyl (C=O) groups is 1. The molecule has 23 atom stereocenters. The summed E-state index contributed by atoms with van der Waals surface area (Å²) < 4.78 is 76.8. The van der Waals surface area contributed by atoms with E-state index in [2.05, 4.69) is 19.9 Å². The van der Waals surface area contributed by atoms with Crippen LogP contribution >= 0.6 is 0 Å². The number of ether oxygens (including phenoxy) is 6. The van der Waals surface area contributed by atoms with Gasteiger partial charge in [-0.05, 0) is 106 Å². The number of rotatable bonds is 13. The van der Waals surface area contributed by atoms with E-state index in [1.807, 2.05) is 13.8 Å². The Morgan fingerprint density at radius 3 is 2.12 bits per heavy atom. The van der Waals surface area contributed by atoms with Crippen LogP contribution in [0.4, 0.5) is 0 Å². The van der Waals surface area contributed by atoms with E-state index >= 15 is 0 Å². The fourth-order valence-electron chi connectivity index (χ4n) is 12.9. The van der Waals surface area contributed by atoms with Gasteiger partial charge in [-0.3, -0.25) is 8.98 Å². The van der Waals surface area contributed by atoms with Crippen LogP contribution < -0.4 is 29.6 Å². The number of carbonyl (C=O) groups excluding carboxylic acids is 1. The second kappa shape index (κ2) is 20.4. The molecule has 0 aromatic carbocycles. The third-order valence-electron chi connectivity index (χ3n) is 16.1. The Bertz CT molecular complexity index is 1800. The molecular formula is C44H71NaO19S. The van der Waals surface area contributed by atoms with Gasteiger partial charge in [-0.25, -0.2) is 8.42 Å². The zero-order valence-corrected chi connectivity index (χ0v) is 41.6. The smallest absolute Gasteiger partial charge is 0.726 e. The zero-order valence-electron chi connectivity index (χ0n) is 38.7. The minimum Gasteiger partial charge on any atom is -0.726 e. The van der Waals surface area contributed by atoms with Gasteiger partial charge in [0, 0.05) is 12.8 Å². The zero-order chi connectivity index (χ0) is 47.0. The molecule has 3 heterocycles. The van der Waals surface area contributed by atoms with E-state index in [-0.39, 0.29) is 83.7 Å². The van der Waals surface area contributed by atoms with Gasteiger partial charge in [-0.15, -0.1) is 0 Å². The first kappa shape index (κ1) is 54.1. The van der Waals surface area contributed by atoms with Crippen molar-refractivity contribution >= 4 is 16.2 Å². The number of ketones is 1. The third kappa shape index (κ3) is 10.8. The van der Waals surface area contributed by atoms with E-state index in [0.29, 0.717) is 32.1 Å². The van der Waals surface area contributed by atoms with Crippen molar-refractivity contribution in [3.8, 4) is 0 Å². The largest absolute Gasteiger partial charge is 1.00 e. The fourth-order valence-corrected chi connectivity index (χ4v) is 13.4. The van der Waals surface area contributed by atoms with E-state index in [0.717, 1.165) is 6.42 Å². The van der Waals surface area contributed by atoms with Crippen molar-refractivity contribution in [2.45, 2.75) is 210 Å². The summed E-state index contributed by atoms with van der Waals surface area (Å²) in [6, 6.07) is 0. The van der Waals surface area contributed by atoms with Gasteiger partial charge in [0.05, 0.1) is 36.6 Å². The van der Waals surface area contributed by atoms with Crippen molar-refractivity contribution in [1.29, 1.82) is 0 Å². The van der Waals surface area contributed by atoms with Crippen molar-refractivity contribution in [2.75, 3.05) is 6.61 Å². The SMILES string of the molecule is CC(C)CC(=O)C[C@](C)(O)C1CCC2C3C[C@H](OC4OC(C)C(O)C(OC5OCC(O)C(O)C5OC5OC(C)C(O)C(O)C5O)C4O)[C@H]4CC(OS(=O)(=O)[O-])CCC4(C)C3=CCC21C.[Na+]. The third-order valence-corrected chi connectivity index (χ3v) is 16.6. The Morgan fingerprint density at radius 2 is 1.48 bits per heavy atom.